The normalized spacial score (nSPS) is 18.3. The Morgan fingerprint density at radius 1 is 0.474 bits per heavy atom. The summed E-state index contributed by atoms with van der Waals surface area (Å²) in [7, 11) is -7.70. The molecule has 0 spiro atoms. The van der Waals surface area contributed by atoms with Gasteiger partial charge in [0.25, 0.3) is 0 Å². The maximum atomic E-state index is 14.0. The van der Waals surface area contributed by atoms with Crippen LogP contribution in [0.15, 0.2) is 0 Å². The summed E-state index contributed by atoms with van der Waals surface area (Å²) >= 11 is 11.3. The molecule has 38 heavy (non-hydrogen) atoms. The van der Waals surface area contributed by atoms with E-state index < -0.39 is 107 Å². The fraction of sp³-hybridized carbons (Fsp3) is 1.00. The first kappa shape index (κ1) is 37.9. The van der Waals surface area contributed by atoms with Crippen molar-refractivity contribution in [3.05, 3.63) is 0 Å². The monoisotopic (exact) mass is 672 g/mol. The fourth-order valence-corrected chi connectivity index (χ4v) is 7.62. The Hall–Kier alpha value is -0.146. The van der Waals surface area contributed by atoms with Crippen molar-refractivity contribution in [1.82, 2.24) is 0 Å². The molecule has 2 atom stereocenters. The van der Waals surface area contributed by atoms with Crippen LogP contribution in [0.2, 0.25) is 37.3 Å². The van der Waals surface area contributed by atoms with Crippen LogP contribution in [0.4, 0.5) is 70.2 Å². The average Bonchev–Trinajstić information content (AvgIpc) is 2.66. The van der Waals surface area contributed by atoms with Crippen LogP contribution < -0.4 is 0 Å². The second kappa shape index (κ2) is 12.0. The number of alkyl halides is 16. The van der Waals surface area contributed by atoms with Crippen molar-refractivity contribution in [2.45, 2.75) is 105 Å². The van der Waals surface area contributed by atoms with Crippen molar-refractivity contribution in [3.63, 3.8) is 0 Å². The van der Waals surface area contributed by atoms with Gasteiger partial charge in [-0.2, -0.15) is 92.4 Å². The smallest absolute Gasteiger partial charge is 0.245 e. The summed E-state index contributed by atoms with van der Waals surface area (Å²) in [6.45, 7) is 1.67. The number of ether oxygens (including phenoxy) is 1. The molecule has 2 unspecified atom stereocenters. The van der Waals surface area contributed by atoms with Gasteiger partial charge < -0.3 is 0 Å². The summed E-state index contributed by atoms with van der Waals surface area (Å²) in [6.07, 6.45) is -30.8. The van der Waals surface area contributed by atoms with Gasteiger partial charge in [-0.25, -0.2) is 4.74 Å². The molecule has 0 aromatic heterocycles. The van der Waals surface area contributed by atoms with Crippen molar-refractivity contribution in [1.29, 1.82) is 0 Å². The van der Waals surface area contributed by atoms with Gasteiger partial charge in [0.1, 0.15) is 0 Å². The van der Waals surface area contributed by atoms with Gasteiger partial charge in [0.15, 0.2) is 14.8 Å². The van der Waals surface area contributed by atoms with E-state index in [9.17, 15) is 70.2 Å². The third-order valence-corrected chi connectivity index (χ3v) is 12.7. The molecule has 0 radical (unpaired) electrons. The minimum Gasteiger partial charge on any atom is -0.245 e. The SMILES string of the molecule is C[Si](Cl)(CCC(F)(F)F)CCC(F)(F)C(F)(F)OC(F)(F)C(F)(F)C(F)(F)CC[Si](C)(Cl)CCC(F)(F)F. The van der Waals surface area contributed by atoms with Gasteiger partial charge in [-0.1, -0.05) is 13.1 Å². The zero-order chi connectivity index (χ0) is 30.9. The molecule has 0 aromatic carbocycles. The lowest BCUT2D eigenvalue weighted by atomic mass is 10.1. The van der Waals surface area contributed by atoms with Crippen LogP contribution >= 0.6 is 22.2 Å². The molecule has 0 saturated heterocycles. The average molecular weight is 673 g/mol. The molecule has 21 heteroatoms. The van der Waals surface area contributed by atoms with Crippen LogP contribution in [-0.2, 0) is 4.74 Å². The van der Waals surface area contributed by atoms with E-state index in [0.29, 0.717) is 0 Å². The Bertz CT molecular complexity index is 768. The Morgan fingerprint density at radius 3 is 1.08 bits per heavy atom. The second-order valence-corrected chi connectivity index (χ2v) is 22.3. The van der Waals surface area contributed by atoms with Crippen molar-refractivity contribution in [2.24, 2.45) is 0 Å². The lowest BCUT2D eigenvalue weighted by Crippen LogP contribution is -2.60. The quantitative estimate of drug-likeness (QED) is 0.0956. The van der Waals surface area contributed by atoms with Gasteiger partial charge in [0.05, 0.1) is 0 Å². The Morgan fingerprint density at radius 2 is 0.763 bits per heavy atom. The lowest BCUT2D eigenvalue weighted by molar-refractivity contribution is -0.486. The van der Waals surface area contributed by atoms with Gasteiger partial charge in [0.2, 0.25) is 0 Å². The van der Waals surface area contributed by atoms with Crippen LogP contribution in [0.1, 0.15) is 25.7 Å². The van der Waals surface area contributed by atoms with Crippen LogP contribution in [0.3, 0.4) is 0 Å². The molecule has 0 heterocycles. The molecular weight excluding hydrogens is 651 g/mol. The van der Waals surface area contributed by atoms with Crippen molar-refractivity contribution in [3.8, 4) is 0 Å². The number of halogens is 18. The predicted molar refractivity (Wildman–Crippen MR) is 111 cm³/mol. The zero-order valence-corrected chi connectivity index (χ0v) is 22.9. The highest BCUT2D eigenvalue weighted by Gasteiger charge is 2.76. The lowest BCUT2D eigenvalue weighted by Gasteiger charge is -2.36. The Balaban J connectivity index is 5.53. The molecule has 0 aliphatic carbocycles. The van der Waals surface area contributed by atoms with E-state index in [4.69, 9.17) is 22.2 Å². The van der Waals surface area contributed by atoms with E-state index in [1.165, 1.54) is 0 Å². The van der Waals surface area contributed by atoms with Gasteiger partial charge in [-0.3, -0.25) is 0 Å². The van der Waals surface area contributed by atoms with Gasteiger partial charge in [-0.15, -0.1) is 0 Å². The molecule has 0 aliphatic rings. The topological polar surface area (TPSA) is 9.23 Å². The van der Waals surface area contributed by atoms with Crippen LogP contribution in [0.25, 0.3) is 0 Å². The molecule has 0 N–H and O–H groups in total. The highest BCUT2D eigenvalue weighted by molar-refractivity contribution is 7.20. The molecule has 1 nitrogen and oxygen atoms in total. The number of hydrogen-bond donors (Lipinski definition) is 0. The van der Waals surface area contributed by atoms with Crippen LogP contribution in [0.5, 0.6) is 0 Å². The Kier molecular flexibility index (Phi) is 11.9. The highest BCUT2D eigenvalue weighted by Crippen LogP contribution is 2.53. The van der Waals surface area contributed by atoms with E-state index >= 15 is 0 Å². The molecule has 0 amide bonds. The first-order valence-corrected chi connectivity index (χ1v) is 18.2. The molecule has 0 rings (SSSR count). The summed E-state index contributed by atoms with van der Waals surface area (Å²) in [5.41, 5.74) is 0. The first-order valence-electron chi connectivity index (χ1n) is 10.4. The fourth-order valence-electron chi connectivity index (χ4n) is 2.71. The third-order valence-electron chi connectivity index (χ3n) is 5.29. The maximum absolute atomic E-state index is 14.0. The summed E-state index contributed by atoms with van der Waals surface area (Å²) in [5.74, 6) is -18.6. The number of hydrogen-bond acceptors (Lipinski definition) is 1. The van der Waals surface area contributed by atoms with E-state index in [2.05, 4.69) is 4.74 Å². The molecule has 0 aromatic rings. The molecule has 230 valence electrons. The Labute approximate surface area is 217 Å². The molecule has 0 aliphatic heterocycles. The summed E-state index contributed by atoms with van der Waals surface area (Å²) in [6, 6.07) is -4.52. The molecule has 0 bridgehead atoms. The third kappa shape index (κ3) is 11.8. The van der Waals surface area contributed by atoms with Gasteiger partial charge >= 0.3 is 42.3 Å². The van der Waals surface area contributed by atoms with Crippen LogP contribution in [0, 0.1) is 0 Å². The largest absolute Gasteiger partial charge is 0.430 e. The van der Waals surface area contributed by atoms with E-state index in [0.717, 1.165) is 13.1 Å². The molecule has 0 saturated carbocycles. The van der Waals surface area contributed by atoms with Crippen molar-refractivity contribution < 1.29 is 75.0 Å². The van der Waals surface area contributed by atoms with Gasteiger partial charge in [0, 0.05) is 25.7 Å². The van der Waals surface area contributed by atoms with Gasteiger partial charge in [-0.05, 0) is 24.2 Å². The summed E-state index contributed by atoms with van der Waals surface area (Å²) in [4.78, 5) is 0. The second-order valence-electron chi connectivity index (χ2n) is 9.18. The van der Waals surface area contributed by atoms with E-state index in [1.54, 1.807) is 0 Å². The maximum Gasteiger partial charge on any atom is 0.430 e. The van der Waals surface area contributed by atoms with Crippen LogP contribution in [-0.4, -0.2) is 57.1 Å². The minimum atomic E-state index is -6.95. The number of rotatable bonds is 15. The van der Waals surface area contributed by atoms with E-state index in [-0.39, 0.29) is 0 Å². The molecular formula is C17H22Cl2F16OSi2. The summed E-state index contributed by atoms with van der Waals surface area (Å²) in [5, 5.41) is 0. The standard InChI is InChI=1S/C17H22Cl2F16OSi2/c1-37(18,9-5-13(24,25)26)7-3-11(20,21)15(30,31)17(34,35)36-16(32,33)12(22,23)4-8-38(2,19)10-6-14(27,28)29/h3-10H2,1-2H3. The molecule has 0 fully saturated rings. The first-order chi connectivity index (χ1) is 16.3. The zero-order valence-electron chi connectivity index (χ0n) is 19.4. The highest BCUT2D eigenvalue weighted by atomic mass is 35.6. The predicted octanol–water partition coefficient (Wildman–Crippen LogP) is 10.4. The van der Waals surface area contributed by atoms with E-state index in [1.807, 2.05) is 0 Å². The summed E-state index contributed by atoms with van der Waals surface area (Å²) < 4.78 is 214. The van der Waals surface area contributed by atoms with Crippen molar-refractivity contribution in [2.75, 3.05) is 0 Å². The minimum absolute atomic E-state index is 0.820. The van der Waals surface area contributed by atoms with Crippen molar-refractivity contribution >= 4 is 36.9 Å².